The Morgan fingerprint density at radius 1 is 1.00 bits per heavy atom. The van der Waals surface area contributed by atoms with Gasteiger partial charge in [0.2, 0.25) is 0 Å². The molecule has 0 amide bonds. The van der Waals surface area contributed by atoms with Crippen molar-refractivity contribution in [1.29, 1.82) is 0 Å². The molecule has 0 radical (unpaired) electrons. The van der Waals surface area contributed by atoms with Crippen LogP contribution in [0.5, 0.6) is 0 Å². The Morgan fingerprint density at radius 3 is 1.60 bits per heavy atom. The number of halogens is 5. The molecule has 0 heterocycles. The molecular formula is C8H10BBrF4N-. The fraction of sp³-hybridized carbons (Fsp3) is 0.250. The molecular weight excluding hydrogens is 277 g/mol. The molecule has 7 heteroatoms. The molecule has 0 saturated carbocycles. The van der Waals surface area contributed by atoms with E-state index in [1.807, 2.05) is 26.2 Å². The average molecular weight is 287 g/mol. The van der Waals surface area contributed by atoms with Crippen molar-refractivity contribution < 1.29 is 17.3 Å². The van der Waals surface area contributed by atoms with Crippen LogP contribution in [0.15, 0.2) is 28.7 Å². The van der Waals surface area contributed by atoms with E-state index < -0.39 is 7.25 Å². The van der Waals surface area contributed by atoms with Crippen molar-refractivity contribution in [1.82, 2.24) is 0 Å². The molecule has 1 aromatic rings. The van der Waals surface area contributed by atoms with Crippen molar-refractivity contribution in [3.8, 4) is 0 Å². The third kappa shape index (κ3) is 9.59. The molecule has 1 rings (SSSR count). The summed E-state index contributed by atoms with van der Waals surface area (Å²) in [6.07, 6.45) is 0. The van der Waals surface area contributed by atoms with E-state index in [-0.39, 0.29) is 0 Å². The van der Waals surface area contributed by atoms with E-state index in [2.05, 4.69) is 33.0 Å². The molecule has 0 aliphatic heterocycles. The van der Waals surface area contributed by atoms with Crippen LogP contribution in [0.2, 0.25) is 0 Å². The molecule has 0 aliphatic carbocycles. The molecule has 0 spiro atoms. The van der Waals surface area contributed by atoms with Crippen LogP contribution in [0.1, 0.15) is 0 Å². The average Bonchev–Trinajstić information content (AvgIpc) is 2.01. The van der Waals surface area contributed by atoms with Gasteiger partial charge in [-0.15, -0.1) is 0 Å². The van der Waals surface area contributed by atoms with Crippen LogP contribution in [0.25, 0.3) is 0 Å². The van der Waals surface area contributed by atoms with Crippen molar-refractivity contribution in [2.45, 2.75) is 0 Å². The summed E-state index contributed by atoms with van der Waals surface area (Å²) in [5, 5.41) is 0. The minimum atomic E-state index is -6.00. The van der Waals surface area contributed by atoms with Crippen LogP contribution in [-0.4, -0.2) is 21.3 Å². The molecule has 1 aromatic carbocycles. The zero-order chi connectivity index (χ0) is 12.1. The van der Waals surface area contributed by atoms with Crippen LogP contribution >= 0.6 is 15.9 Å². The van der Waals surface area contributed by atoms with Crippen molar-refractivity contribution in [3.63, 3.8) is 0 Å². The minimum absolute atomic E-state index is 1.12. The molecule has 0 aliphatic rings. The van der Waals surface area contributed by atoms with E-state index in [1.165, 1.54) is 5.69 Å². The first-order valence-corrected chi connectivity index (χ1v) is 4.79. The first kappa shape index (κ1) is 14.3. The van der Waals surface area contributed by atoms with E-state index in [1.54, 1.807) is 0 Å². The van der Waals surface area contributed by atoms with Gasteiger partial charge in [0, 0.05) is 24.3 Å². The zero-order valence-electron chi connectivity index (χ0n) is 8.22. The van der Waals surface area contributed by atoms with Gasteiger partial charge in [-0.3, -0.25) is 0 Å². The Hall–Kier alpha value is -0.715. The molecule has 0 unspecified atom stereocenters. The van der Waals surface area contributed by atoms with Gasteiger partial charge in [0.1, 0.15) is 0 Å². The molecule has 0 saturated heterocycles. The second kappa shape index (κ2) is 6.00. The maximum Gasteiger partial charge on any atom is 0.673 e. The summed E-state index contributed by atoms with van der Waals surface area (Å²) in [7, 11) is -1.94. The Bertz CT molecular complexity index is 280. The number of nitrogens with zero attached hydrogens (tertiary/aromatic N) is 1. The van der Waals surface area contributed by atoms with Crippen LogP contribution in [-0.2, 0) is 0 Å². The summed E-state index contributed by atoms with van der Waals surface area (Å²) < 4.78 is 40.1. The number of benzene rings is 1. The Balaban J connectivity index is 0.000000336. The van der Waals surface area contributed by atoms with E-state index in [4.69, 9.17) is 0 Å². The van der Waals surface area contributed by atoms with Gasteiger partial charge in [0.05, 0.1) is 0 Å². The number of rotatable bonds is 1. The highest BCUT2D eigenvalue weighted by Gasteiger charge is 2.20. The van der Waals surface area contributed by atoms with Gasteiger partial charge < -0.3 is 22.2 Å². The smallest absolute Gasteiger partial charge is 0.418 e. The van der Waals surface area contributed by atoms with E-state index in [0.717, 1.165) is 4.47 Å². The second-order valence-corrected chi connectivity index (χ2v) is 3.78. The third-order valence-corrected chi connectivity index (χ3v) is 1.87. The number of hydrogen-bond acceptors (Lipinski definition) is 1. The highest BCUT2D eigenvalue weighted by molar-refractivity contribution is 9.10. The summed E-state index contributed by atoms with van der Waals surface area (Å²) in [6, 6.07) is 8.22. The fourth-order valence-electron chi connectivity index (χ4n) is 0.739. The van der Waals surface area contributed by atoms with Gasteiger partial charge in [0.25, 0.3) is 0 Å². The summed E-state index contributed by atoms with van der Waals surface area (Å²) in [5.41, 5.74) is 1.23. The molecule has 0 fully saturated rings. The lowest BCUT2D eigenvalue weighted by atomic mass is 10.3. The molecule has 15 heavy (non-hydrogen) atoms. The van der Waals surface area contributed by atoms with Gasteiger partial charge in [0.15, 0.2) is 0 Å². The van der Waals surface area contributed by atoms with Crippen molar-refractivity contribution >= 4 is 28.9 Å². The number of hydrogen-bond donors (Lipinski definition) is 0. The maximum absolute atomic E-state index is 9.75. The molecule has 1 nitrogen and oxygen atoms in total. The van der Waals surface area contributed by atoms with E-state index in [9.17, 15) is 17.3 Å². The SMILES string of the molecule is CN(C)c1ccc(Br)cc1.F[B-](F)(F)F. The minimum Gasteiger partial charge on any atom is -0.418 e. The van der Waals surface area contributed by atoms with Crippen LogP contribution < -0.4 is 4.90 Å². The molecule has 0 bridgehead atoms. The number of anilines is 1. The molecule has 0 atom stereocenters. The Kier molecular flexibility index (Phi) is 5.71. The first-order chi connectivity index (χ1) is 6.70. The standard InChI is InChI=1S/C8H10BrN.BF4/c1-10(2)8-5-3-7(9)4-6-8;2-1(3,4)5/h3-6H,1-2H3;/q;-1. The van der Waals surface area contributed by atoms with Gasteiger partial charge >= 0.3 is 7.25 Å². The lowest BCUT2D eigenvalue weighted by Gasteiger charge is -2.11. The Morgan fingerprint density at radius 2 is 1.33 bits per heavy atom. The lowest BCUT2D eigenvalue weighted by Crippen LogP contribution is -2.07. The predicted octanol–water partition coefficient (Wildman–Crippen LogP) is 3.82. The van der Waals surface area contributed by atoms with Crippen LogP contribution in [0, 0.1) is 0 Å². The summed E-state index contributed by atoms with van der Waals surface area (Å²) in [5.74, 6) is 0. The maximum atomic E-state index is 9.75. The summed E-state index contributed by atoms with van der Waals surface area (Å²) >= 11 is 3.38. The third-order valence-electron chi connectivity index (χ3n) is 1.34. The van der Waals surface area contributed by atoms with Gasteiger partial charge in [-0.05, 0) is 24.3 Å². The molecule has 0 N–H and O–H groups in total. The molecule has 0 aromatic heterocycles. The van der Waals surface area contributed by atoms with Crippen LogP contribution in [0.3, 0.4) is 0 Å². The monoisotopic (exact) mass is 286 g/mol. The van der Waals surface area contributed by atoms with Crippen LogP contribution in [0.4, 0.5) is 23.0 Å². The second-order valence-electron chi connectivity index (χ2n) is 2.87. The highest BCUT2D eigenvalue weighted by Crippen LogP contribution is 2.15. The highest BCUT2D eigenvalue weighted by atomic mass is 79.9. The predicted molar refractivity (Wildman–Crippen MR) is 58.7 cm³/mol. The fourth-order valence-corrected chi connectivity index (χ4v) is 1.00. The topological polar surface area (TPSA) is 3.24 Å². The van der Waals surface area contributed by atoms with Gasteiger partial charge in [-0.25, -0.2) is 0 Å². The lowest BCUT2D eigenvalue weighted by molar-refractivity contribution is 0.368. The normalized spacial score (nSPS) is 10.3. The summed E-state index contributed by atoms with van der Waals surface area (Å²) in [4.78, 5) is 2.08. The largest absolute Gasteiger partial charge is 0.673 e. The van der Waals surface area contributed by atoms with E-state index >= 15 is 0 Å². The zero-order valence-corrected chi connectivity index (χ0v) is 9.81. The van der Waals surface area contributed by atoms with Crippen molar-refractivity contribution in [2.24, 2.45) is 0 Å². The first-order valence-electron chi connectivity index (χ1n) is 4.00. The van der Waals surface area contributed by atoms with Crippen molar-refractivity contribution in [2.75, 3.05) is 19.0 Å². The molecule has 86 valence electrons. The van der Waals surface area contributed by atoms with Gasteiger partial charge in [-0.1, -0.05) is 15.9 Å². The van der Waals surface area contributed by atoms with Crippen molar-refractivity contribution in [3.05, 3.63) is 28.7 Å². The quantitative estimate of drug-likeness (QED) is 0.560. The van der Waals surface area contributed by atoms with E-state index in [0.29, 0.717) is 0 Å². The van der Waals surface area contributed by atoms with Gasteiger partial charge in [-0.2, -0.15) is 0 Å². The Labute approximate surface area is 94.3 Å². The summed E-state index contributed by atoms with van der Waals surface area (Å²) in [6.45, 7) is 0.